The molecule has 5 aromatic rings. The molecule has 0 spiro atoms. The zero-order valence-corrected chi connectivity index (χ0v) is 19.3. The summed E-state index contributed by atoms with van der Waals surface area (Å²) in [5, 5.41) is 4.31. The summed E-state index contributed by atoms with van der Waals surface area (Å²) in [6.45, 7) is 0. The highest BCUT2D eigenvalue weighted by molar-refractivity contribution is 6.30. The maximum absolute atomic E-state index is 6.19. The third kappa shape index (κ3) is 4.93. The van der Waals surface area contributed by atoms with Crippen LogP contribution in [-0.4, -0.2) is 5.84 Å². The molecule has 0 aromatic heterocycles. The van der Waals surface area contributed by atoms with E-state index in [1.165, 1.54) is 0 Å². The molecule has 2 nitrogen and oxygen atoms in total. The number of amidine groups is 1. The highest BCUT2D eigenvalue weighted by atomic mass is 35.5. The first-order valence-electron chi connectivity index (χ1n) is 11.2. The molecule has 0 aliphatic heterocycles. The molecule has 164 valence electrons. The standard InChI is InChI=1S/C31H23ClN2/c32-26-21-19-25(20-22-26)31(33-29-17-9-7-15-27(29)23-11-3-1-4-12-23)34-30-18-10-8-16-28(30)24-13-5-2-6-14-24/h1-22H,(H,33,34). The van der Waals surface area contributed by atoms with Gasteiger partial charge in [-0.3, -0.25) is 0 Å². The first kappa shape index (κ1) is 21.7. The second-order valence-electron chi connectivity index (χ2n) is 7.89. The van der Waals surface area contributed by atoms with Crippen molar-refractivity contribution in [1.29, 1.82) is 0 Å². The molecule has 0 atom stereocenters. The van der Waals surface area contributed by atoms with Crippen molar-refractivity contribution in [2.24, 2.45) is 4.99 Å². The van der Waals surface area contributed by atoms with E-state index >= 15 is 0 Å². The second-order valence-corrected chi connectivity index (χ2v) is 8.32. The Morgan fingerprint density at radius 1 is 0.529 bits per heavy atom. The van der Waals surface area contributed by atoms with Crippen LogP contribution in [0.5, 0.6) is 0 Å². The van der Waals surface area contributed by atoms with Crippen LogP contribution in [0, 0.1) is 0 Å². The van der Waals surface area contributed by atoms with Gasteiger partial charge in [0.2, 0.25) is 0 Å². The van der Waals surface area contributed by atoms with E-state index in [2.05, 4.69) is 66.0 Å². The van der Waals surface area contributed by atoms with Gasteiger partial charge in [0, 0.05) is 27.4 Å². The molecule has 0 radical (unpaired) electrons. The van der Waals surface area contributed by atoms with Gasteiger partial charge in [0.15, 0.2) is 0 Å². The molecular weight excluding hydrogens is 436 g/mol. The largest absolute Gasteiger partial charge is 0.339 e. The molecule has 0 bridgehead atoms. The average molecular weight is 459 g/mol. The molecule has 3 heteroatoms. The molecule has 0 amide bonds. The lowest BCUT2D eigenvalue weighted by Gasteiger charge is -2.16. The van der Waals surface area contributed by atoms with E-state index in [1.54, 1.807) is 0 Å². The lowest BCUT2D eigenvalue weighted by Crippen LogP contribution is -2.14. The Kier molecular flexibility index (Phi) is 6.51. The van der Waals surface area contributed by atoms with Crippen molar-refractivity contribution >= 4 is 28.8 Å². The maximum Gasteiger partial charge on any atom is 0.138 e. The molecule has 1 N–H and O–H groups in total. The number of rotatable bonds is 5. The van der Waals surface area contributed by atoms with E-state index in [0.717, 1.165) is 45.0 Å². The number of benzene rings is 5. The van der Waals surface area contributed by atoms with Crippen molar-refractivity contribution < 1.29 is 0 Å². The summed E-state index contributed by atoms with van der Waals surface area (Å²) in [6.07, 6.45) is 0. The summed E-state index contributed by atoms with van der Waals surface area (Å²) >= 11 is 6.19. The van der Waals surface area contributed by atoms with Crippen LogP contribution >= 0.6 is 11.6 Å². The molecule has 0 saturated heterocycles. The van der Waals surface area contributed by atoms with Crippen molar-refractivity contribution in [3.63, 3.8) is 0 Å². The number of halogens is 1. The number of nitrogens with zero attached hydrogens (tertiary/aromatic N) is 1. The van der Waals surface area contributed by atoms with Crippen LogP contribution in [0.15, 0.2) is 138 Å². The summed E-state index contributed by atoms with van der Waals surface area (Å²) in [4.78, 5) is 5.13. The number of aliphatic imine (C=N–C) groups is 1. The fourth-order valence-corrected chi connectivity index (χ4v) is 4.04. The first-order valence-corrected chi connectivity index (χ1v) is 11.6. The Morgan fingerprint density at radius 2 is 1.06 bits per heavy atom. The van der Waals surface area contributed by atoms with Crippen molar-refractivity contribution in [2.45, 2.75) is 0 Å². The molecule has 5 rings (SSSR count). The molecule has 0 saturated carbocycles. The molecule has 0 unspecified atom stereocenters. The van der Waals surface area contributed by atoms with Gasteiger partial charge in [-0.25, -0.2) is 4.99 Å². The first-order chi connectivity index (χ1) is 16.8. The highest BCUT2D eigenvalue weighted by Gasteiger charge is 2.11. The van der Waals surface area contributed by atoms with Gasteiger partial charge in [-0.15, -0.1) is 0 Å². The van der Waals surface area contributed by atoms with E-state index in [-0.39, 0.29) is 0 Å². The minimum absolute atomic E-state index is 0.692. The lowest BCUT2D eigenvalue weighted by molar-refractivity contribution is 1.46. The summed E-state index contributed by atoms with van der Waals surface area (Å²) in [7, 11) is 0. The van der Waals surface area contributed by atoms with Gasteiger partial charge in [-0.2, -0.15) is 0 Å². The number of para-hydroxylation sites is 2. The van der Waals surface area contributed by atoms with Gasteiger partial charge in [0.25, 0.3) is 0 Å². The van der Waals surface area contributed by atoms with Crippen LogP contribution < -0.4 is 5.32 Å². The quantitative estimate of drug-likeness (QED) is 0.206. The third-order valence-corrected chi connectivity index (χ3v) is 5.86. The normalized spacial score (nSPS) is 11.3. The third-order valence-electron chi connectivity index (χ3n) is 5.60. The summed E-state index contributed by atoms with van der Waals surface area (Å²) < 4.78 is 0. The smallest absolute Gasteiger partial charge is 0.138 e. The zero-order chi connectivity index (χ0) is 23.2. The van der Waals surface area contributed by atoms with Crippen LogP contribution in [0.25, 0.3) is 22.3 Å². The minimum atomic E-state index is 0.692. The molecule has 5 aromatic carbocycles. The molecule has 0 aliphatic rings. The maximum atomic E-state index is 6.19. The van der Waals surface area contributed by atoms with Crippen LogP contribution in [0.2, 0.25) is 5.02 Å². The van der Waals surface area contributed by atoms with Crippen molar-refractivity contribution in [1.82, 2.24) is 0 Å². The fraction of sp³-hybridized carbons (Fsp3) is 0. The van der Waals surface area contributed by atoms with Crippen LogP contribution in [-0.2, 0) is 0 Å². The number of hydrogen-bond donors (Lipinski definition) is 1. The van der Waals surface area contributed by atoms with Gasteiger partial charge in [0.1, 0.15) is 5.84 Å². The van der Waals surface area contributed by atoms with E-state index in [9.17, 15) is 0 Å². The SMILES string of the molecule is Clc1ccc(C(=Nc2ccccc2-c2ccccc2)Nc2ccccc2-c2ccccc2)cc1. The van der Waals surface area contributed by atoms with Crippen molar-refractivity contribution in [3.05, 3.63) is 144 Å². The lowest BCUT2D eigenvalue weighted by atomic mass is 10.0. The Hall–Kier alpha value is -4.14. The van der Waals surface area contributed by atoms with E-state index in [0.29, 0.717) is 5.02 Å². The number of nitrogens with one attached hydrogen (secondary N) is 1. The van der Waals surface area contributed by atoms with Crippen molar-refractivity contribution in [2.75, 3.05) is 5.32 Å². The molecule has 0 heterocycles. The van der Waals surface area contributed by atoms with Gasteiger partial charge in [0.05, 0.1) is 5.69 Å². The van der Waals surface area contributed by atoms with Crippen LogP contribution in [0.4, 0.5) is 11.4 Å². The average Bonchev–Trinajstić information content (AvgIpc) is 2.90. The molecule has 34 heavy (non-hydrogen) atoms. The monoisotopic (exact) mass is 458 g/mol. The molecular formula is C31H23ClN2. The zero-order valence-electron chi connectivity index (χ0n) is 18.5. The molecule has 0 fully saturated rings. The Labute approximate surface area is 205 Å². The van der Waals surface area contributed by atoms with Crippen LogP contribution in [0.3, 0.4) is 0 Å². The second kappa shape index (κ2) is 10.2. The minimum Gasteiger partial charge on any atom is -0.339 e. The van der Waals surface area contributed by atoms with E-state index in [1.807, 2.05) is 72.8 Å². The van der Waals surface area contributed by atoms with Gasteiger partial charge < -0.3 is 5.32 Å². The van der Waals surface area contributed by atoms with Gasteiger partial charge >= 0.3 is 0 Å². The summed E-state index contributed by atoms with van der Waals surface area (Å²) in [5.74, 6) is 0.753. The molecule has 0 aliphatic carbocycles. The Bertz CT molecular complexity index is 1410. The van der Waals surface area contributed by atoms with Crippen LogP contribution in [0.1, 0.15) is 5.56 Å². The summed E-state index contributed by atoms with van der Waals surface area (Å²) in [5.41, 5.74) is 7.29. The topological polar surface area (TPSA) is 24.4 Å². The Morgan fingerprint density at radius 3 is 1.74 bits per heavy atom. The Balaban J connectivity index is 1.63. The van der Waals surface area contributed by atoms with Crippen molar-refractivity contribution in [3.8, 4) is 22.3 Å². The predicted octanol–water partition coefficient (Wildman–Crippen LogP) is 8.86. The van der Waals surface area contributed by atoms with E-state index < -0.39 is 0 Å². The van der Waals surface area contributed by atoms with Gasteiger partial charge in [-0.1, -0.05) is 109 Å². The number of hydrogen-bond acceptors (Lipinski definition) is 1. The van der Waals surface area contributed by atoms with Gasteiger partial charge in [-0.05, 0) is 47.5 Å². The number of anilines is 1. The predicted molar refractivity (Wildman–Crippen MR) is 145 cm³/mol. The summed E-state index contributed by atoms with van der Waals surface area (Å²) in [6, 6.07) is 44.9. The highest BCUT2D eigenvalue weighted by Crippen LogP contribution is 2.32. The fourth-order valence-electron chi connectivity index (χ4n) is 3.91. The van der Waals surface area contributed by atoms with E-state index in [4.69, 9.17) is 16.6 Å².